The lowest BCUT2D eigenvalue weighted by atomic mass is 10.0. The number of nitrogens with zero attached hydrogens (tertiary/aromatic N) is 2. The number of hydrogen-bond acceptors (Lipinski definition) is 4. The van der Waals surface area contributed by atoms with Gasteiger partial charge in [-0.2, -0.15) is 0 Å². The van der Waals surface area contributed by atoms with Gasteiger partial charge in [0, 0.05) is 24.7 Å². The molecule has 0 unspecified atom stereocenters. The number of nitro benzene ring substituents is 1. The number of hydrogen-bond donors (Lipinski definition) is 1. The highest BCUT2D eigenvalue weighted by atomic mass is 16.6. The molecule has 1 N–H and O–H groups in total. The summed E-state index contributed by atoms with van der Waals surface area (Å²) >= 11 is 0. The second-order valence-corrected chi connectivity index (χ2v) is 5.69. The standard InChI is InChI=1S/C16H25N3O2/c1-2-12-18(15-7-10-17-11-8-15)13-9-14-3-5-16(6-4-14)19(20)21/h3-6,15,17H,2,7-13H2,1H3. The molecule has 0 amide bonds. The van der Waals surface area contributed by atoms with Crippen molar-refractivity contribution in [1.82, 2.24) is 10.2 Å². The lowest BCUT2D eigenvalue weighted by molar-refractivity contribution is -0.384. The van der Waals surface area contributed by atoms with E-state index in [1.807, 2.05) is 12.1 Å². The Labute approximate surface area is 126 Å². The molecular formula is C16H25N3O2. The molecule has 0 aromatic heterocycles. The van der Waals surface area contributed by atoms with E-state index in [2.05, 4.69) is 17.1 Å². The van der Waals surface area contributed by atoms with Crippen molar-refractivity contribution >= 4 is 5.69 Å². The summed E-state index contributed by atoms with van der Waals surface area (Å²) in [5.74, 6) is 0. The van der Waals surface area contributed by atoms with Crippen LogP contribution in [-0.4, -0.2) is 42.0 Å². The third-order valence-electron chi connectivity index (χ3n) is 4.17. The van der Waals surface area contributed by atoms with Crippen LogP contribution < -0.4 is 5.32 Å². The van der Waals surface area contributed by atoms with Crippen molar-refractivity contribution in [1.29, 1.82) is 0 Å². The first-order chi connectivity index (χ1) is 10.2. The summed E-state index contributed by atoms with van der Waals surface area (Å²) in [4.78, 5) is 12.9. The van der Waals surface area contributed by atoms with Gasteiger partial charge in [-0.1, -0.05) is 19.1 Å². The second-order valence-electron chi connectivity index (χ2n) is 5.69. The van der Waals surface area contributed by atoms with Crippen LogP contribution in [0.5, 0.6) is 0 Å². The number of benzene rings is 1. The van der Waals surface area contributed by atoms with Gasteiger partial charge < -0.3 is 5.32 Å². The summed E-state index contributed by atoms with van der Waals surface area (Å²) < 4.78 is 0. The van der Waals surface area contributed by atoms with Crippen LogP contribution in [0.4, 0.5) is 5.69 Å². The second kappa shape index (κ2) is 8.10. The van der Waals surface area contributed by atoms with Crippen molar-refractivity contribution in [3.05, 3.63) is 39.9 Å². The third-order valence-corrected chi connectivity index (χ3v) is 4.17. The predicted molar refractivity (Wildman–Crippen MR) is 84.6 cm³/mol. The fourth-order valence-corrected chi connectivity index (χ4v) is 2.99. The molecule has 0 atom stereocenters. The SMILES string of the molecule is CCCN(CCc1ccc([N+](=O)[O-])cc1)C1CCNCC1. The van der Waals surface area contributed by atoms with Gasteiger partial charge in [-0.15, -0.1) is 0 Å². The maximum atomic E-state index is 10.7. The van der Waals surface area contributed by atoms with E-state index in [0.29, 0.717) is 6.04 Å². The molecule has 1 saturated heterocycles. The number of nitro groups is 1. The van der Waals surface area contributed by atoms with Gasteiger partial charge in [0.15, 0.2) is 0 Å². The Balaban J connectivity index is 1.89. The van der Waals surface area contributed by atoms with E-state index in [4.69, 9.17) is 0 Å². The molecule has 1 aromatic carbocycles. The van der Waals surface area contributed by atoms with E-state index in [1.54, 1.807) is 12.1 Å². The van der Waals surface area contributed by atoms with E-state index >= 15 is 0 Å². The van der Waals surface area contributed by atoms with Gasteiger partial charge in [0.05, 0.1) is 4.92 Å². The van der Waals surface area contributed by atoms with Gasteiger partial charge >= 0.3 is 0 Å². The first-order valence-electron chi connectivity index (χ1n) is 7.89. The van der Waals surface area contributed by atoms with Crippen molar-refractivity contribution < 1.29 is 4.92 Å². The lowest BCUT2D eigenvalue weighted by Gasteiger charge is -2.34. The Morgan fingerprint density at radius 2 is 1.90 bits per heavy atom. The molecule has 1 aromatic rings. The van der Waals surface area contributed by atoms with E-state index in [-0.39, 0.29) is 10.6 Å². The Kier molecular flexibility index (Phi) is 6.14. The molecule has 0 spiro atoms. The highest BCUT2D eigenvalue weighted by molar-refractivity contribution is 5.32. The molecular weight excluding hydrogens is 266 g/mol. The predicted octanol–water partition coefficient (Wildman–Crippen LogP) is 2.60. The normalized spacial score (nSPS) is 16.3. The van der Waals surface area contributed by atoms with Gasteiger partial charge in [-0.25, -0.2) is 0 Å². The summed E-state index contributed by atoms with van der Waals surface area (Å²) in [6.07, 6.45) is 4.58. The number of rotatable bonds is 7. The Morgan fingerprint density at radius 3 is 2.48 bits per heavy atom. The summed E-state index contributed by atoms with van der Waals surface area (Å²) in [6, 6.07) is 7.65. The van der Waals surface area contributed by atoms with E-state index < -0.39 is 0 Å². The highest BCUT2D eigenvalue weighted by Gasteiger charge is 2.19. The molecule has 0 bridgehead atoms. The molecule has 5 nitrogen and oxygen atoms in total. The van der Waals surface area contributed by atoms with Gasteiger partial charge in [-0.3, -0.25) is 15.0 Å². The van der Waals surface area contributed by atoms with E-state index in [0.717, 1.165) is 32.6 Å². The van der Waals surface area contributed by atoms with Crippen LogP contribution in [0, 0.1) is 10.1 Å². The van der Waals surface area contributed by atoms with Gasteiger partial charge in [0.2, 0.25) is 0 Å². The molecule has 1 aliphatic heterocycles. The van der Waals surface area contributed by atoms with Crippen LogP contribution in [0.25, 0.3) is 0 Å². The van der Waals surface area contributed by atoms with Crippen molar-refractivity contribution in [3.63, 3.8) is 0 Å². The monoisotopic (exact) mass is 291 g/mol. The summed E-state index contributed by atoms with van der Waals surface area (Å²) in [7, 11) is 0. The summed E-state index contributed by atoms with van der Waals surface area (Å²) in [5, 5.41) is 14.1. The van der Waals surface area contributed by atoms with Crippen LogP contribution in [0.2, 0.25) is 0 Å². The molecule has 21 heavy (non-hydrogen) atoms. The fourth-order valence-electron chi connectivity index (χ4n) is 2.99. The minimum Gasteiger partial charge on any atom is -0.317 e. The van der Waals surface area contributed by atoms with Crippen molar-refractivity contribution in [3.8, 4) is 0 Å². The van der Waals surface area contributed by atoms with Crippen molar-refractivity contribution in [2.45, 2.75) is 38.6 Å². The molecule has 116 valence electrons. The first-order valence-corrected chi connectivity index (χ1v) is 7.89. The minimum absolute atomic E-state index is 0.169. The summed E-state index contributed by atoms with van der Waals surface area (Å²) in [5.41, 5.74) is 1.35. The van der Waals surface area contributed by atoms with Crippen LogP contribution in [0.3, 0.4) is 0 Å². The minimum atomic E-state index is -0.345. The molecule has 1 aliphatic rings. The molecule has 0 aliphatic carbocycles. The van der Waals surface area contributed by atoms with Crippen LogP contribution in [0.1, 0.15) is 31.7 Å². The average molecular weight is 291 g/mol. The molecule has 1 fully saturated rings. The molecule has 0 radical (unpaired) electrons. The van der Waals surface area contributed by atoms with E-state index in [9.17, 15) is 10.1 Å². The maximum absolute atomic E-state index is 10.7. The Hall–Kier alpha value is -1.46. The Bertz CT molecular complexity index is 441. The van der Waals surface area contributed by atoms with Crippen LogP contribution in [-0.2, 0) is 6.42 Å². The zero-order chi connectivity index (χ0) is 15.1. The molecule has 0 saturated carbocycles. The van der Waals surface area contributed by atoms with E-state index in [1.165, 1.54) is 24.8 Å². The lowest BCUT2D eigenvalue weighted by Crippen LogP contribution is -2.44. The average Bonchev–Trinajstić information content (AvgIpc) is 2.52. The summed E-state index contributed by atoms with van der Waals surface area (Å²) in [6.45, 7) is 6.62. The topological polar surface area (TPSA) is 58.4 Å². The van der Waals surface area contributed by atoms with Crippen molar-refractivity contribution in [2.75, 3.05) is 26.2 Å². The van der Waals surface area contributed by atoms with Gasteiger partial charge in [0.25, 0.3) is 5.69 Å². The number of piperidine rings is 1. The number of nitrogens with one attached hydrogen (secondary N) is 1. The van der Waals surface area contributed by atoms with Gasteiger partial charge in [0.1, 0.15) is 0 Å². The van der Waals surface area contributed by atoms with Crippen molar-refractivity contribution in [2.24, 2.45) is 0 Å². The smallest absolute Gasteiger partial charge is 0.269 e. The highest BCUT2D eigenvalue weighted by Crippen LogP contribution is 2.16. The molecule has 2 rings (SSSR count). The van der Waals surface area contributed by atoms with Crippen LogP contribution >= 0.6 is 0 Å². The number of non-ortho nitro benzene ring substituents is 1. The fraction of sp³-hybridized carbons (Fsp3) is 0.625. The largest absolute Gasteiger partial charge is 0.317 e. The molecule has 5 heteroatoms. The van der Waals surface area contributed by atoms with Crippen LogP contribution in [0.15, 0.2) is 24.3 Å². The third kappa shape index (κ3) is 4.79. The quantitative estimate of drug-likeness (QED) is 0.619. The molecule has 1 heterocycles. The first kappa shape index (κ1) is 15.9. The zero-order valence-corrected chi connectivity index (χ0v) is 12.8. The Morgan fingerprint density at radius 1 is 1.24 bits per heavy atom. The van der Waals surface area contributed by atoms with Gasteiger partial charge in [-0.05, 0) is 50.9 Å². The maximum Gasteiger partial charge on any atom is 0.269 e. The zero-order valence-electron chi connectivity index (χ0n) is 12.8.